The zero-order chi connectivity index (χ0) is 16.6. The summed E-state index contributed by atoms with van der Waals surface area (Å²) in [7, 11) is 0. The highest BCUT2D eigenvalue weighted by Crippen LogP contribution is 2.33. The Bertz CT molecular complexity index is 848. The van der Waals surface area contributed by atoms with E-state index in [4.69, 9.17) is 11.8 Å². The Morgan fingerprint density at radius 3 is 2.00 bits per heavy atom. The van der Waals surface area contributed by atoms with Crippen molar-refractivity contribution in [2.24, 2.45) is 0 Å². The molecule has 0 aliphatic rings. The van der Waals surface area contributed by atoms with Gasteiger partial charge >= 0.3 is 0 Å². The van der Waals surface area contributed by atoms with E-state index in [0.717, 1.165) is 11.4 Å². The van der Waals surface area contributed by atoms with Crippen LogP contribution in [0, 0.1) is 27.7 Å². The van der Waals surface area contributed by atoms with Gasteiger partial charge < -0.3 is 0 Å². The van der Waals surface area contributed by atoms with Crippen molar-refractivity contribution in [1.29, 1.82) is 0 Å². The molecule has 3 aromatic rings. The van der Waals surface area contributed by atoms with Gasteiger partial charge in [-0.15, -0.1) is 4.94 Å². The average Bonchev–Trinajstić information content (AvgIpc) is 2.50. The summed E-state index contributed by atoms with van der Waals surface area (Å²) in [4.78, 5) is 2.82. The van der Waals surface area contributed by atoms with Gasteiger partial charge in [0.05, 0.1) is 11.4 Å². The molecule has 0 unspecified atom stereocenters. The molecule has 0 atom stereocenters. The standard InChI is InChI=1S/C20H21ClN2/c1-13-5-6-18-12-19(8-7-17(18)11-13)23(22-21)20-15(3)9-14(2)10-16(20)4/h5-12,22H,1-4H3. The van der Waals surface area contributed by atoms with Crippen molar-refractivity contribution in [1.82, 2.24) is 4.94 Å². The number of rotatable bonds is 3. The lowest BCUT2D eigenvalue weighted by Gasteiger charge is -2.26. The van der Waals surface area contributed by atoms with Gasteiger partial charge in [-0.2, -0.15) is 0 Å². The third-order valence-electron chi connectivity index (χ3n) is 4.18. The van der Waals surface area contributed by atoms with Crippen LogP contribution in [0.2, 0.25) is 0 Å². The fraction of sp³-hybridized carbons (Fsp3) is 0.200. The molecule has 23 heavy (non-hydrogen) atoms. The molecule has 0 aliphatic heterocycles. The molecular formula is C20H21ClN2. The van der Waals surface area contributed by atoms with Crippen LogP contribution in [0.1, 0.15) is 22.3 Å². The lowest BCUT2D eigenvalue weighted by molar-refractivity contribution is 0.965. The van der Waals surface area contributed by atoms with Crippen molar-refractivity contribution in [2.45, 2.75) is 27.7 Å². The summed E-state index contributed by atoms with van der Waals surface area (Å²) in [6, 6.07) is 17.2. The van der Waals surface area contributed by atoms with Gasteiger partial charge in [0.1, 0.15) is 0 Å². The number of fused-ring (bicyclic) bond motifs is 1. The Morgan fingerprint density at radius 2 is 1.35 bits per heavy atom. The van der Waals surface area contributed by atoms with E-state index in [1.165, 1.54) is 33.0 Å². The average molecular weight is 325 g/mol. The first-order chi connectivity index (χ1) is 11.0. The number of anilines is 2. The number of aryl methyl sites for hydroxylation is 4. The Labute approximate surface area is 142 Å². The van der Waals surface area contributed by atoms with Crippen molar-refractivity contribution in [3.8, 4) is 0 Å². The number of benzene rings is 3. The predicted molar refractivity (Wildman–Crippen MR) is 100 cm³/mol. The maximum absolute atomic E-state index is 6.07. The second-order valence-corrected chi connectivity index (χ2v) is 6.37. The third-order valence-corrected chi connectivity index (χ3v) is 4.35. The smallest absolute Gasteiger partial charge is 0.0649 e. The van der Waals surface area contributed by atoms with Crippen LogP contribution in [0.25, 0.3) is 10.8 Å². The van der Waals surface area contributed by atoms with Crippen LogP contribution in [-0.4, -0.2) is 0 Å². The number of hydrogen-bond donors (Lipinski definition) is 1. The molecular weight excluding hydrogens is 304 g/mol. The molecule has 2 nitrogen and oxygen atoms in total. The minimum atomic E-state index is 1.02. The van der Waals surface area contributed by atoms with Crippen LogP contribution in [0.3, 0.4) is 0 Å². The quantitative estimate of drug-likeness (QED) is 0.478. The molecule has 3 aromatic carbocycles. The molecule has 0 fully saturated rings. The van der Waals surface area contributed by atoms with Gasteiger partial charge in [-0.25, -0.2) is 0 Å². The van der Waals surface area contributed by atoms with Crippen LogP contribution in [0.5, 0.6) is 0 Å². The monoisotopic (exact) mass is 324 g/mol. The zero-order valence-electron chi connectivity index (χ0n) is 13.9. The van der Waals surface area contributed by atoms with E-state index in [9.17, 15) is 0 Å². The molecule has 0 spiro atoms. The first kappa shape index (κ1) is 15.9. The normalized spacial score (nSPS) is 11.0. The fourth-order valence-electron chi connectivity index (χ4n) is 3.24. The highest BCUT2D eigenvalue weighted by Gasteiger charge is 2.14. The van der Waals surface area contributed by atoms with Crippen LogP contribution in [0.15, 0.2) is 48.5 Å². The lowest BCUT2D eigenvalue weighted by atomic mass is 10.0. The van der Waals surface area contributed by atoms with Gasteiger partial charge in [0.15, 0.2) is 0 Å². The van der Waals surface area contributed by atoms with Crippen LogP contribution in [0.4, 0.5) is 11.4 Å². The Balaban J connectivity index is 2.13. The Morgan fingerprint density at radius 1 is 0.739 bits per heavy atom. The van der Waals surface area contributed by atoms with E-state index >= 15 is 0 Å². The fourth-order valence-corrected chi connectivity index (χ4v) is 3.42. The van der Waals surface area contributed by atoms with E-state index in [1.54, 1.807) is 0 Å². The van der Waals surface area contributed by atoms with Crippen molar-refractivity contribution in [3.63, 3.8) is 0 Å². The molecule has 118 valence electrons. The maximum Gasteiger partial charge on any atom is 0.0649 e. The largest absolute Gasteiger partial charge is 0.262 e. The van der Waals surface area contributed by atoms with E-state index in [-0.39, 0.29) is 0 Å². The molecule has 0 radical (unpaired) electrons. The van der Waals surface area contributed by atoms with Crippen LogP contribution < -0.4 is 9.95 Å². The second kappa shape index (κ2) is 6.23. The summed E-state index contributed by atoms with van der Waals surface area (Å²) in [5.41, 5.74) is 7.03. The molecule has 0 aliphatic carbocycles. The summed E-state index contributed by atoms with van der Waals surface area (Å²) in [6.07, 6.45) is 0. The second-order valence-electron chi connectivity index (χ2n) is 6.20. The molecule has 0 amide bonds. The van der Waals surface area contributed by atoms with Gasteiger partial charge in [0.2, 0.25) is 0 Å². The van der Waals surface area contributed by atoms with Crippen molar-refractivity contribution >= 4 is 33.9 Å². The molecule has 0 aromatic heterocycles. The topological polar surface area (TPSA) is 15.3 Å². The van der Waals surface area contributed by atoms with Gasteiger partial charge in [0.25, 0.3) is 0 Å². The summed E-state index contributed by atoms with van der Waals surface area (Å²) < 4.78 is 0. The lowest BCUT2D eigenvalue weighted by Crippen LogP contribution is -2.27. The summed E-state index contributed by atoms with van der Waals surface area (Å²) in [6.45, 7) is 8.45. The zero-order valence-corrected chi connectivity index (χ0v) is 14.7. The van der Waals surface area contributed by atoms with E-state index in [2.05, 4.69) is 81.2 Å². The number of halogens is 1. The highest BCUT2D eigenvalue weighted by atomic mass is 35.5. The Kier molecular flexibility index (Phi) is 4.29. The van der Waals surface area contributed by atoms with Crippen molar-refractivity contribution in [2.75, 3.05) is 5.01 Å². The number of hydrazine groups is 1. The molecule has 1 N–H and O–H groups in total. The molecule has 3 rings (SSSR count). The van der Waals surface area contributed by atoms with Gasteiger partial charge in [-0.1, -0.05) is 47.5 Å². The number of nitrogens with zero attached hydrogens (tertiary/aromatic N) is 1. The van der Waals surface area contributed by atoms with E-state index < -0.39 is 0 Å². The molecule has 0 heterocycles. The number of nitrogens with one attached hydrogen (secondary N) is 1. The highest BCUT2D eigenvalue weighted by molar-refractivity contribution is 6.14. The summed E-state index contributed by atoms with van der Waals surface area (Å²) in [5.74, 6) is 0. The molecule has 0 saturated heterocycles. The van der Waals surface area contributed by atoms with Crippen LogP contribution in [-0.2, 0) is 0 Å². The Hall–Kier alpha value is -2.03. The first-order valence-corrected chi connectivity index (χ1v) is 8.12. The SMILES string of the molecule is Cc1cc(C)c(N(NCl)c2ccc3cc(C)ccc3c2)c(C)c1. The van der Waals surface area contributed by atoms with Gasteiger partial charge in [-0.3, -0.25) is 5.01 Å². The van der Waals surface area contributed by atoms with Gasteiger partial charge in [0, 0.05) is 0 Å². The third kappa shape index (κ3) is 3.05. The maximum atomic E-state index is 6.07. The van der Waals surface area contributed by atoms with E-state index in [1.807, 2.05) is 5.01 Å². The van der Waals surface area contributed by atoms with Crippen molar-refractivity contribution in [3.05, 3.63) is 70.8 Å². The van der Waals surface area contributed by atoms with Crippen LogP contribution >= 0.6 is 11.8 Å². The predicted octanol–water partition coefficient (Wildman–Crippen LogP) is 5.87. The minimum absolute atomic E-state index is 1.02. The number of hydrogen-bond acceptors (Lipinski definition) is 2. The van der Waals surface area contributed by atoms with Crippen molar-refractivity contribution < 1.29 is 0 Å². The summed E-state index contributed by atoms with van der Waals surface area (Å²) >= 11 is 6.07. The molecule has 3 heteroatoms. The summed E-state index contributed by atoms with van der Waals surface area (Å²) in [5, 5.41) is 4.37. The molecule has 0 saturated carbocycles. The minimum Gasteiger partial charge on any atom is -0.262 e. The van der Waals surface area contributed by atoms with E-state index in [0.29, 0.717) is 0 Å². The molecule has 0 bridgehead atoms. The first-order valence-electron chi connectivity index (χ1n) is 7.74. The van der Waals surface area contributed by atoms with Gasteiger partial charge in [-0.05, 0) is 73.5 Å².